The quantitative estimate of drug-likeness (QED) is 0.718. The van der Waals surface area contributed by atoms with Gasteiger partial charge in [0.2, 0.25) is 0 Å². The van der Waals surface area contributed by atoms with Gasteiger partial charge in [0.05, 0.1) is 12.6 Å². The van der Waals surface area contributed by atoms with Crippen molar-refractivity contribution in [3.8, 4) is 0 Å². The highest BCUT2D eigenvalue weighted by Crippen LogP contribution is 2.17. The molecule has 142 valence electrons. The first-order valence-corrected chi connectivity index (χ1v) is 8.91. The lowest BCUT2D eigenvalue weighted by atomic mass is 10.1. The van der Waals surface area contributed by atoms with Crippen LogP contribution in [0.15, 0.2) is 33.4 Å². The molecule has 0 bridgehead atoms. The Kier molecular flexibility index (Phi) is 4.87. The van der Waals surface area contributed by atoms with Crippen LogP contribution in [0.2, 0.25) is 0 Å². The third-order valence-electron chi connectivity index (χ3n) is 4.80. The third-order valence-corrected chi connectivity index (χ3v) is 4.80. The molecule has 0 radical (unpaired) electrons. The molecule has 1 amide bonds. The van der Waals surface area contributed by atoms with Crippen molar-refractivity contribution in [2.45, 2.75) is 32.0 Å². The first-order valence-electron chi connectivity index (χ1n) is 8.91. The highest BCUT2D eigenvalue weighted by atomic mass is 16.6. The minimum atomic E-state index is -0.214. The van der Waals surface area contributed by atoms with Crippen LogP contribution in [-0.4, -0.2) is 62.5 Å². The molecule has 9 nitrogen and oxygen atoms in total. The fourth-order valence-electron chi connectivity index (χ4n) is 3.25. The van der Waals surface area contributed by atoms with Gasteiger partial charge < -0.3 is 14.5 Å². The molecule has 0 unspecified atom stereocenters. The Balaban J connectivity index is 1.37. The highest BCUT2D eigenvalue weighted by Gasteiger charge is 2.21. The summed E-state index contributed by atoms with van der Waals surface area (Å²) in [5, 5.41) is 21.1. The summed E-state index contributed by atoms with van der Waals surface area (Å²) in [5.41, 5.74) is 2.54. The van der Waals surface area contributed by atoms with Crippen molar-refractivity contribution < 1.29 is 19.1 Å². The van der Waals surface area contributed by atoms with Crippen LogP contribution in [0, 0.1) is 0 Å². The van der Waals surface area contributed by atoms with Gasteiger partial charge in [0, 0.05) is 32.7 Å². The number of nitrogens with zero attached hydrogens (tertiary/aromatic N) is 5. The lowest BCUT2D eigenvalue weighted by molar-refractivity contribution is 0.0743. The monoisotopic (exact) mass is 371 g/mol. The Hall–Kier alpha value is -2.78. The zero-order valence-corrected chi connectivity index (χ0v) is 15.0. The standard InChI is InChI=1S/C18H21N5O4/c1-22(10-12-2-3-15-16(8-12)21-27-20-15)18(25)17-9-14(26-19-17)11-23-6-4-13(24)5-7-23/h2-3,8-9,13,24H,4-7,10-11H2,1H3. The summed E-state index contributed by atoms with van der Waals surface area (Å²) < 4.78 is 10.0. The van der Waals surface area contributed by atoms with E-state index in [2.05, 4.69) is 20.4 Å². The maximum absolute atomic E-state index is 12.6. The van der Waals surface area contributed by atoms with Gasteiger partial charge in [-0.05, 0) is 40.9 Å². The fraction of sp³-hybridized carbons (Fsp3) is 0.444. The summed E-state index contributed by atoms with van der Waals surface area (Å²) in [7, 11) is 1.72. The summed E-state index contributed by atoms with van der Waals surface area (Å²) in [6.07, 6.45) is 1.30. The number of likely N-dealkylation sites (tertiary alicyclic amines) is 1. The number of piperidine rings is 1. The van der Waals surface area contributed by atoms with Gasteiger partial charge in [0.15, 0.2) is 11.5 Å². The molecule has 1 aromatic carbocycles. The minimum absolute atomic E-state index is 0.211. The zero-order chi connectivity index (χ0) is 18.8. The van der Waals surface area contributed by atoms with Crippen LogP contribution in [0.25, 0.3) is 11.0 Å². The number of aromatic nitrogens is 3. The van der Waals surface area contributed by atoms with E-state index in [4.69, 9.17) is 9.15 Å². The van der Waals surface area contributed by atoms with Gasteiger partial charge in [-0.3, -0.25) is 9.69 Å². The first kappa shape index (κ1) is 17.6. The zero-order valence-electron chi connectivity index (χ0n) is 15.0. The van der Waals surface area contributed by atoms with Crippen molar-refractivity contribution in [2.24, 2.45) is 0 Å². The molecule has 0 saturated carbocycles. The molecule has 1 aliphatic rings. The predicted octanol–water partition coefficient (Wildman–Crippen LogP) is 1.44. The van der Waals surface area contributed by atoms with Crippen molar-refractivity contribution in [1.29, 1.82) is 0 Å². The second-order valence-corrected chi connectivity index (χ2v) is 6.93. The topological polar surface area (TPSA) is 109 Å². The summed E-state index contributed by atoms with van der Waals surface area (Å²) >= 11 is 0. The Morgan fingerprint density at radius 1 is 1.22 bits per heavy atom. The molecule has 1 fully saturated rings. The first-order chi connectivity index (χ1) is 13.1. The smallest absolute Gasteiger partial charge is 0.276 e. The molecule has 3 aromatic rings. The number of amides is 1. The normalized spacial score (nSPS) is 16.1. The lowest BCUT2D eigenvalue weighted by Crippen LogP contribution is -2.35. The van der Waals surface area contributed by atoms with Crippen molar-refractivity contribution in [2.75, 3.05) is 20.1 Å². The SMILES string of the molecule is CN(Cc1ccc2nonc2c1)C(=O)c1cc(CN2CCC(O)CC2)on1. The number of fused-ring (bicyclic) bond motifs is 1. The van der Waals surface area contributed by atoms with Crippen LogP contribution in [0.5, 0.6) is 0 Å². The number of carbonyl (C=O) groups is 1. The molecule has 27 heavy (non-hydrogen) atoms. The van der Waals surface area contributed by atoms with Gasteiger partial charge in [-0.25, -0.2) is 4.63 Å². The van der Waals surface area contributed by atoms with E-state index in [-0.39, 0.29) is 17.7 Å². The van der Waals surface area contributed by atoms with E-state index in [1.807, 2.05) is 18.2 Å². The number of rotatable bonds is 5. The van der Waals surface area contributed by atoms with Gasteiger partial charge in [-0.2, -0.15) is 0 Å². The summed E-state index contributed by atoms with van der Waals surface area (Å²) in [6, 6.07) is 7.22. The molecular weight excluding hydrogens is 350 g/mol. The average molecular weight is 371 g/mol. The number of hydrogen-bond donors (Lipinski definition) is 1. The maximum atomic E-state index is 12.6. The van der Waals surface area contributed by atoms with Crippen LogP contribution in [0.3, 0.4) is 0 Å². The molecule has 1 saturated heterocycles. The summed E-state index contributed by atoms with van der Waals surface area (Å²) in [4.78, 5) is 16.4. The molecule has 0 aliphatic carbocycles. The van der Waals surface area contributed by atoms with Crippen LogP contribution >= 0.6 is 0 Å². The highest BCUT2D eigenvalue weighted by molar-refractivity contribution is 5.92. The maximum Gasteiger partial charge on any atom is 0.276 e. The molecule has 1 N–H and O–H groups in total. The Labute approximate surface area is 155 Å². The fourth-order valence-corrected chi connectivity index (χ4v) is 3.25. The van der Waals surface area contributed by atoms with E-state index in [1.54, 1.807) is 18.0 Å². The van der Waals surface area contributed by atoms with Crippen molar-refractivity contribution in [3.63, 3.8) is 0 Å². The van der Waals surface area contributed by atoms with Crippen molar-refractivity contribution in [3.05, 3.63) is 41.3 Å². The molecule has 9 heteroatoms. The lowest BCUT2D eigenvalue weighted by Gasteiger charge is -2.28. The molecule has 2 aromatic heterocycles. The van der Waals surface area contributed by atoms with E-state index in [0.717, 1.165) is 31.5 Å². The predicted molar refractivity (Wildman–Crippen MR) is 94.6 cm³/mol. The van der Waals surface area contributed by atoms with Crippen LogP contribution in [0.1, 0.15) is 34.7 Å². The number of aliphatic hydroxyl groups excluding tert-OH is 1. The Morgan fingerprint density at radius 2 is 2.00 bits per heavy atom. The Bertz CT molecular complexity index is 929. The summed E-state index contributed by atoms with van der Waals surface area (Å²) in [6.45, 7) is 2.62. The second kappa shape index (κ2) is 7.45. The number of hydrogen-bond acceptors (Lipinski definition) is 8. The second-order valence-electron chi connectivity index (χ2n) is 6.93. The van der Waals surface area contributed by atoms with Gasteiger partial charge in [-0.15, -0.1) is 0 Å². The van der Waals surface area contributed by atoms with Gasteiger partial charge in [0.1, 0.15) is 11.0 Å². The number of benzene rings is 1. The largest absolute Gasteiger partial charge is 0.393 e. The number of aliphatic hydroxyl groups is 1. The van der Waals surface area contributed by atoms with Gasteiger partial charge >= 0.3 is 0 Å². The van der Waals surface area contributed by atoms with E-state index < -0.39 is 0 Å². The Morgan fingerprint density at radius 3 is 2.81 bits per heavy atom. The average Bonchev–Trinajstić information content (AvgIpc) is 3.32. The van der Waals surface area contributed by atoms with E-state index in [0.29, 0.717) is 29.9 Å². The molecule has 0 spiro atoms. The summed E-state index contributed by atoms with van der Waals surface area (Å²) in [5.74, 6) is 0.440. The number of carbonyl (C=O) groups excluding carboxylic acids is 1. The van der Waals surface area contributed by atoms with Crippen molar-refractivity contribution in [1.82, 2.24) is 25.3 Å². The van der Waals surface area contributed by atoms with E-state index in [1.165, 1.54) is 0 Å². The molecule has 0 atom stereocenters. The van der Waals surface area contributed by atoms with Crippen LogP contribution in [-0.2, 0) is 13.1 Å². The van der Waals surface area contributed by atoms with Crippen LogP contribution in [0.4, 0.5) is 0 Å². The van der Waals surface area contributed by atoms with E-state index in [9.17, 15) is 9.90 Å². The molecule has 4 rings (SSSR count). The third kappa shape index (κ3) is 3.99. The molecule has 1 aliphatic heterocycles. The molecular formula is C18H21N5O4. The van der Waals surface area contributed by atoms with Crippen LogP contribution < -0.4 is 0 Å². The van der Waals surface area contributed by atoms with E-state index >= 15 is 0 Å². The van der Waals surface area contributed by atoms with Gasteiger partial charge in [0.25, 0.3) is 5.91 Å². The molecule has 3 heterocycles. The van der Waals surface area contributed by atoms with Gasteiger partial charge in [-0.1, -0.05) is 11.2 Å². The minimum Gasteiger partial charge on any atom is -0.393 e. The van der Waals surface area contributed by atoms with Crippen molar-refractivity contribution >= 4 is 16.9 Å².